The van der Waals surface area contributed by atoms with Crippen molar-refractivity contribution >= 4 is 5.91 Å². The summed E-state index contributed by atoms with van der Waals surface area (Å²) in [5.41, 5.74) is 3.94. The first-order valence-electron chi connectivity index (χ1n) is 8.27. The van der Waals surface area contributed by atoms with Gasteiger partial charge >= 0.3 is 0 Å². The molecule has 1 amide bonds. The quantitative estimate of drug-likeness (QED) is 0.789. The molecule has 1 aromatic heterocycles. The Labute approximate surface area is 130 Å². The fourth-order valence-electron chi connectivity index (χ4n) is 4.25. The van der Waals surface area contributed by atoms with E-state index in [2.05, 4.69) is 10.00 Å². The maximum atomic E-state index is 13.0. The summed E-state index contributed by atoms with van der Waals surface area (Å²) in [6, 6.07) is 0.749. The van der Waals surface area contributed by atoms with E-state index in [9.17, 15) is 4.79 Å². The molecule has 1 aliphatic carbocycles. The standard InChI is InChI=1S/C17H23N3O2/c1-19-10-15(16(18-19)22-2)17(21)20-13-6-7-14(20)9-12(8-13)11-4-3-5-11/h10,13-14H,3-9H2,1-2H3. The SMILES string of the molecule is COc1nn(C)cc1C(=O)N1C2CCC1CC(=C1CCC1)C2. The summed E-state index contributed by atoms with van der Waals surface area (Å²) in [5.74, 6) is 0.533. The van der Waals surface area contributed by atoms with Gasteiger partial charge in [0.25, 0.3) is 5.91 Å². The van der Waals surface area contributed by atoms with Gasteiger partial charge in [-0.3, -0.25) is 9.48 Å². The lowest BCUT2D eigenvalue weighted by molar-refractivity contribution is 0.0629. The summed E-state index contributed by atoms with van der Waals surface area (Å²) in [4.78, 5) is 15.1. The lowest BCUT2D eigenvalue weighted by Crippen LogP contribution is -2.45. The number of aromatic nitrogens is 2. The number of hydrogen-bond acceptors (Lipinski definition) is 3. The highest BCUT2D eigenvalue weighted by molar-refractivity contribution is 5.97. The van der Waals surface area contributed by atoms with Crippen LogP contribution in [0.25, 0.3) is 0 Å². The zero-order valence-corrected chi connectivity index (χ0v) is 13.3. The van der Waals surface area contributed by atoms with Gasteiger partial charge in [-0.1, -0.05) is 11.1 Å². The predicted octanol–water partition coefficient (Wildman–Crippen LogP) is 2.68. The normalized spacial score (nSPS) is 27.1. The molecule has 1 saturated carbocycles. The Bertz CT molecular complexity index is 624. The lowest BCUT2D eigenvalue weighted by atomic mass is 9.82. The molecule has 2 atom stereocenters. The van der Waals surface area contributed by atoms with Crippen LogP contribution < -0.4 is 4.74 Å². The predicted molar refractivity (Wildman–Crippen MR) is 82.9 cm³/mol. The summed E-state index contributed by atoms with van der Waals surface area (Å²) in [7, 11) is 3.40. The van der Waals surface area contributed by atoms with Gasteiger partial charge in [-0.2, -0.15) is 0 Å². The highest BCUT2D eigenvalue weighted by atomic mass is 16.5. The topological polar surface area (TPSA) is 47.4 Å². The lowest BCUT2D eigenvalue weighted by Gasteiger charge is -2.38. The minimum atomic E-state index is 0.0927. The van der Waals surface area contributed by atoms with Crippen molar-refractivity contribution in [3.63, 3.8) is 0 Å². The number of hydrogen-bond donors (Lipinski definition) is 0. The van der Waals surface area contributed by atoms with E-state index in [-0.39, 0.29) is 5.91 Å². The molecule has 118 valence electrons. The number of ether oxygens (including phenoxy) is 1. The highest BCUT2D eigenvalue weighted by Crippen LogP contribution is 2.44. The Morgan fingerprint density at radius 1 is 1.23 bits per heavy atom. The third kappa shape index (κ3) is 2.06. The number of nitrogens with zero attached hydrogens (tertiary/aromatic N) is 3. The molecular weight excluding hydrogens is 278 g/mol. The van der Waals surface area contributed by atoms with E-state index < -0.39 is 0 Å². The van der Waals surface area contributed by atoms with Gasteiger partial charge in [0.1, 0.15) is 5.56 Å². The smallest absolute Gasteiger partial charge is 0.261 e. The third-order valence-corrected chi connectivity index (χ3v) is 5.49. The molecule has 3 heterocycles. The van der Waals surface area contributed by atoms with Crippen molar-refractivity contribution in [1.82, 2.24) is 14.7 Å². The van der Waals surface area contributed by atoms with Crippen molar-refractivity contribution in [2.45, 2.75) is 57.0 Å². The molecule has 2 saturated heterocycles. The largest absolute Gasteiger partial charge is 0.479 e. The molecule has 3 fully saturated rings. The van der Waals surface area contributed by atoms with Crippen molar-refractivity contribution in [2.75, 3.05) is 7.11 Å². The Balaban J connectivity index is 1.60. The molecule has 0 aromatic carbocycles. The summed E-state index contributed by atoms with van der Waals surface area (Å²) in [6.07, 6.45) is 10.1. The molecule has 2 aliphatic heterocycles. The number of piperidine rings is 1. The maximum absolute atomic E-state index is 13.0. The molecule has 1 aromatic rings. The second-order valence-electron chi connectivity index (χ2n) is 6.79. The molecular formula is C17H23N3O2. The number of amides is 1. The Hall–Kier alpha value is -1.78. The zero-order valence-electron chi connectivity index (χ0n) is 13.3. The molecule has 5 nitrogen and oxygen atoms in total. The molecule has 4 rings (SSSR count). The van der Waals surface area contributed by atoms with Crippen molar-refractivity contribution in [3.8, 4) is 5.88 Å². The molecule has 5 heteroatoms. The van der Waals surface area contributed by atoms with Crippen LogP contribution in [0.5, 0.6) is 5.88 Å². The van der Waals surface area contributed by atoms with E-state index in [1.165, 1.54) is 19.3 Å². The van der Waals surface area contributed by atoms with E-state index >= 15 is 0 Å². The Morgan fingerprint density at radius 3 is 2.45 bits per heavy atom. The van der Waals surface area contributed by atoms with Crippen LogP contribution in [0.3, 0.4) is 0 Å². The van der Waals surface area contributed by atoms with Crippen LogP contribution in [-0.4, -0.2) is 39.8 Å². The Morgan fingerprint density at radius 2 is 1.91 bits per heavy atom. The molecule has 22 heavy (non-hydrogen) atoms. The molecule has 0 N–H and O–H groups in total. The van der Waals surface area contributed by atoms with Gasteiger partial charge in [0.05, 0.1) is 7.11 Å². The first-order valence-corrected chi connectivity index (χ1v) is 8.27. The number of carbonyl (C=O) groups is 1. The van der Waals surface area contributed by atoms with E-state index in [0.29, 0.717) is 23.5 Å². The zero-order chi connectivity index (χ0) is 15.3. The number of rotatable bonds is 2. The molecule has 2 bridgehead atoms. The minimum absolute atomic E-state index is 0.0927. The van der Waals surface area contributed by atoms with Crippen molar-refractivity contribution in [2.24, 2.45) is 7.05 Å². The fraction of sp³-hybridized carbons (Fsp3) is 0.647. The average Bonchev–Trinajstić information content (AvgIpc) is 2.94. The highest BCUT2D eigenvalue weighted by Gasteiger charge is 2.43. The number of carbonyl (C=O) groups excluding carboxylic acids is 1. The van der Waals surface area contributed by atoms with Gasteiger partial charge in [-0.25, -0.2) is 0 Å². The summed E-state index contributed by atoms with van der Waals surface area (Å²) in [6.45, 7) is 0. The van der Waals surface area contributed by atoms with Gasteiger partial charge in [0.15, 0.2) is 0 Å². The van der Waals surface area contributed by atoms with Crippen LogP contribution in [0.15, 0.2) is 17.3 Å². The second-order valence-corrected chi connectivity index (χ2v) is 6.79. The number of methoxy groups -OCH3 is 1. The van der Waals surface area contributed by atoms with E-state index in [1.807, 2.05) is 7.05 Å². The van der Waals surface area contributed by atoms with E-state index in [0.717, 1.165) is 25.7 Å². The number of aryl methyl sites for hydroxylation is 1. The first-order chi connectivity index (χ1) is 10.7. The van der Waals surface area contributed by atoms with Crippen LogP contribution in [0.4, 0.5) is 0 Å². The summed E-state index contributed by atoms with van der Waals surface area (Å²) in [5, 5.41) is 4.22. The number of allylic oxidation sites excluding steroid dienone is 1. The van der Waals surface area contributed by atoms with Crippen molar-refractivity contribution in [1.29, 1.82) is 0 Å². The average molecular weight is 301 g/mol. The molecule has 2 unspecified atom stereocenters. The summed E-state index contributed by atoms with van der Waals surface area (Å²) < 4.78 is 6.92. The van der Waals surface area contributed by atoms with Crippen LogP contribution in [0.1, 0.15) is 55.3 Å². The van der Waals surface area contributed by atoms with Crippen molar-refractivity contribution < 1.29 is 9.53 Å². The second kappa shape index (κ2) is 5.14. The fourth-order valence-corrected chi connectivity index (χ4v) is 4.25. The monoisotopic (exact) mass is 301 g/mol. The Kier molecular flexibility index (Phi) is 3.24. The van der Waals surface area contributed by atoms with Gasteiger partial charge in [0.2, 0.25) is 5.88 Å². The molecule has 0 radical (unpaired) electrons. The van der Waals surface area contributed by atoms with Crippen LogP contribution >= 0.6 is 0 Å². The molecule has 3 aliphatic rings. The van der Waals surface area contributed by atoms with Gasteiger partial charge in [-0.05, 0) is 44.9 Å². The van der Waals surface area contributed by atoms with Gasteiger partial charge in [-0.15, -0.1) is 5.10 Å². The van der Waals surface area contributed by atoms with E-state index in [4.69, 9.17) is 4.74 Å². The van der Waals surface area contributed by atoms with Crippen LogP contribution in [0, 0.1) is 0 Å². The first kappa shape index (κ1) is 13.9. The van der Waals surface area contributed by atoms with Crippen LogP contribution in [-0.2, 0) is 7.05 Å². The minimum Gasteiger partial charge on any atom is -0.479 e. The number of fused-ring (bicyclic) bond motifs is 2. The third-order valence-electron chi connectivity index (χ3n) is 5.49. The van der Waals surface area contributed by atoms with E-state index in [1.54, 1.807) is 29.1 Å². The van der Waals surface area contributed by atoms with Gasteiger partial charge < -0.3 is 9.64 Å². The van der Waals surface area contributed by atoms with Crippen LogP contribution in [0.2, 0.25) is 0 Å². The molecule has 0 spiro atoms. The maximum Gasteiger partial charge on any atom is 0.261 e. The van der Waals surface area contributed by atoms with Gasteiger partial charge in [0, 0.05) is 25.3 Å². The summed E-state index contributed by atoms with van der Waals surface area (Å²) >= 11 is 0. The van der Waals surface area contributed by atoms with Crippen molar-refractivity contribution in [3.05, 3.63) is 22.9 Å².